The molecule has 0 aromatic heterocycles. The molecule has 0 aromatic rings. The van der Waals surface area contributed by atoms with Crippen molar-refractivity contribution >= 4 is 39.5 Å². The number of hydrogen-bond acceptors (Lipinski definition) is 15. The van der Waals surface area contributed by atoms with Gasteiger partial charge in [-0.1, -0.05) is 401 Å². The predicted molar refractivity (Wildman–Crippen MR) is 423 cm³/mol. The molecule has 0 aliphatic heterocycles. The third-order valence-corrected chi connectivity index (χ3v) is 21.7. The molecule has 0 spiro atoms. The normalized spacial score (nSPS) is 13.8. The van der Waals surface area contributed by atoms with Gasteiger partial charge in [0.1, 0.15) is 19.3 Å². The van der Waals surface area contributed by atoms with Gasteiger partial charge in [0.2, 0.25) is 0 Å². The lowest BCUT2D eigenvalue weighted by molar-refractivity contribution is -0.161. The van der Waals surface area contributed by atoms with E-state index in [0.717, 1.165) is 109 Å². The van der Waals surface area contributed by atoms with Crippen LogP contribution in [0.2, 0.25) is 0 Å². The van der Waals surface area contributed by atoms with Crippen molar-refractivity contribution < 1.29 is 80.2 Å². The van der Waals surface area contributed by atoms with Gasteiger partial charge in [0, 0.05) is 25.7 Å². The third kappa shape index (κ3) is 78.0. The fourth-order valence-electron chi connectivity index (χ4n) is 13.1. The topological polar surface area (TPSA) is 237 Å². The highest BCUT2D eigenvalue weighted by Crippen LogP contribution is 2.45. The van der Waals surface area contributed by atoms with E-state index in [9.17, 15) is 43.2 Å². The Balaban J connectivity index is 5.16. The first-order valence-electron chi connectivity index (χ1n) is 43.6. The summed E-state index contributed by atoms with van der Waals surface area (Å²) in [5.41, 5.74) is 0. The van der Waals surface area contributed by atoms with Crippen LogP contribution in [0.1, 0.15) is 452 Å². The van der Waals surface area contributed by atoms with Crippen molar-refractivity contribution in [3.63, 3.8) is 0 Å². The van der Waals surface area contributed by atoms with Crippen LogP contribution in [0.25, 0.3) is 0 Å². The number of hydrogen-bond donors (Lipinski definition) is 3. The van der Waals surface area contributed by atoms with Gasteiger partial charge >= 0.3 is 39.5 Å². The number of ether oxygens (including phenoxy) is 4. The first-order valence-corrected chi connectivity index (χ1v) is 46.6. The summed E-state index contributed by atoms with van der Waals surface area (Å²) >= 11 is 0. The minimum Gasteiger partial charge on any atom is -0.462 e. The van der Waals surface area contributed by atoms with Crippen molar-refractivity contribution in [3.8, 4) is 0 Å². The van der Waals surface area contributed by atoms with Crippen LogP contribution < -0.4 is 0 Å². The monoisotopic (exact) mass is 1510 g/mol. The number of aliphatic hydroxyl groups is 1. The highest BCUT2D eigenvalue weighted by Gasteiger charge is 2.30. The highest BCUT2D eigenvalue weighted by atomic mass is 31.2. The molecule has 0 fully saturated rings. The van der Waals surface area contributed by atoms with E-state index < -0.39 is 97.5 Å². The van der Waals surface area contributed by atoms with Gasteiger partial charge in [-0.05, 0) is 31.6 Å². The summed E-state index contributed by atoms with van der Waals surface area (Å²) in [4.78, 5) is 73.0. The summed E-state index contributed by atoms with van der Waals surface area (Å²) in [6, 6.07) is 0. The summed E-state index contributed by atoms with van der Waals surface area (Å²) in [5, 5.41) is 10.6. The third-order valence-electron chi connectivity index (χ3n) is 19.8. The number of aliphatic hydroxyl groups excluding tert-OH is 1. The van der Waals surface area contributed by atoms with Crippen LogP contribution in [0.3, 0.4) is 0 Å². The van der Waals surface area contributed by atoms with Crippen LogP contribution in [0.5, 0.6) is 0 Å². The lowest BCUT2D eigenvalue weighted by Crippen LogP contribution is -2.30. The quantitative estimate of drug-likeness (QED) is 0.0222. The summed E-state index contributed by atoms with van der Waals surface area (Å²) < 4.78 is 68.7. The average Bonchev–Trinajstić information content (AvgIpc) is 1.06. The molecule has 0 saturated heterocycles. The van der Waals surface area contributed by atoms with E-state index in [2.05, 4.69) is 34.6 Å². The summed E-state index contributed by atoms with van der Waals surface area (Å²) in [5.74, 6) is -1.30. The maximum absolute atomic E-state index is 13.1. The van der Waals surface area contributed by atoms with Crippen LogP contribution in [0.4, 0.5) is 0 Å². The predicted octanol–water partition coefficient (Wildman–Crippen LogP) is 25.6. The average molecular weight is 1510 g/mol. The smallest absolute Gasteiger partial charge is 0.462 e. The standard InChI is InChI=1S/C84H164O17P2/c1-6-9-12-15-18-20-22-24-26-28-29-30-31-33-37-42-46-50-55-60-65-70-84(89)101-80(74-95-82(87)68-63-58-53-48-44-40-38-34-35-39-43-47-52-56-61-66-77(4)5)76-99-103(92,93)97-72-78(85)71-96-102(90,91)98-75-79(73-94-81(86)67-62-57-51-17-14-11-8-3)100-83(88)69-64-59-54-49-45-41-36-32-27-25-23-21-19-16-13-10-7-2/h77-80,85H,6-76H2,1-5H3,(H,90,91)(H,92,93)/t78-,79+,80+/m0/s1. The minimum atomic E-state index is -4.96. The molecule has 2 unspecified atom stereocenters. The Hall–Kier alpha value is -1.94. The van der Waals surface area contributed by atoms with Crippen molar-refractivity contribution in [3.05, 3.63) is 0 Å². The van der Waals surface area contributed by atoms with Gasteiger partial charge in [-0.25, -0.2) is 9.13 Å². The molecule has 0 bridgehead atoms. The van der Waals surface area contributed by atoms with Crippen LogP contribution in [0.15, 0.2) is 0 Å². The summed E-state index contributed by atoms with van der Waals surface area (Å²) in [7, 11) is -9.92. The van der Waals surface area contributed by atoms with Crippen molar-refractivity contribution in [2.24, 2.45) is 5.92 Å². The van der Waals surface area contributed by atoms with E-state index in [1.165, 1.54) is 263 Å². The van der Waals surface area contributed by atoms with Crippen LogP contribution in [-0.2, 0) is 65.4 Å². The fraction of sp³-hybridized carbons (Fsp3) is 0.952. The summed E-state index contributed by atoms with van der Waals surface area (Å²) in [6.45, 7) is 7.34. The first kappa shape index (κ1) is 101. The molecule has 0 aliphatic rings. The van der Waals surface area contributed by atoms with E-state index in [4.69, 9.17) is 37.0 Å². The molecule has 17 nitrogen and oxygen atoms in total. The van der Waals surface area contributed by atoms with Crippen molar-refractivity contribution in [1.29, 1.82) is 0 Å². The molecule has 0 radical (unpaired) electrons. The van der Waals surface area contributed by atoms with Crippen LogP contribution >= 0.6 is 15.6 Å². The number of carbonyl (C=O) groups is 4. The number of unbranched alkanes of at least 4 members (excludes halogenated alkanes) is 56. The maximum Gasteiger partial charge on any atom is 0.472 e. The van der Waals surface area contributed by atoms with Crippen molar-refractivity contribution in [2.45, 2.75) is 470 Å². The number of phosphoric acid groups is 2. The van der Waals surface area contributed by atoms with E-state index in [1.54, 1.807) is 0 Å². The zero-order valence-electron chi connectivity index (χ0n) is 67.5. The molecule has 0 aromatic carbocycles. The Morgan fingerprint density at radius 1 is 0.262 bits per heavy atom. The SMILES string of the molecule is CCCCCCCCCCCCCCCCCCCCCCCC(=O)O[C@H](COC(=O)CCCCCCCCCCCCCCCCCC(C)C)COP(=O)(O)OC[C@@H](O)COP(=O)(O)OC[C@@H](COC(=O)CCCCCCCCC)OC(=O)CCCCCCCCCCCCCCCCCCC. The second-order valence-electron chi connectivity index (χ2n) is 30.7. The maximum atomic E-state index is 13.1. The fourth-order valence-corrected chi connectivity index (χ4v) is 14.7. The van der Waals surface area contributed by atoms with Gasteiger partial charge in [-0.15, -0.1) is 0 Å². The summed E-state index contributed by atoms with van der Waals surface area (Å²) in [6.07, 6.45) is 69.6. The first-order chi connectivity index (χ1) is 50.0. The lowest BCUT2D eigenvalue weighted by atomic mass is 10.0. The van der Waals surface area contributed by atoms with Gasteiger partial charge in [0.05, 0.1) is 26.4 Å². The molecule has 0 amide bonds. The van der Waals surface area contributed by atoms with Crippen molar-refractivity contribution in [2.75, 3.05) is 39.6 Å². The second kappa shape index (κ2) is 76.8. The van der Waals surface area contributed by atoms with Gasteiger partial charge in [0.25, 0.3) is 0 Å². The van der Waals surface area contributed by atoms with Gasteiger partial charge in [-0.2, -0.15) is 0 Å². The molecule has 0 saturated carbocycles. The van der Waals surface area contributed by atoms with Gasteiger partial charge < -0.3 is 33.8 Å². The molecule has 5 atom stereocenters. The highest BCUT2D eigenvalue weighted by molar-refractivity contribution is 7.47. The van der Waals surface area contributed by atoms with E-state index in [-0.39, 0.29) is 25.7 Å². The van der Waals surface area contributed by atoms with E-state index in [1.807, 2.05) is 0 Å². The zero-order valence-corrected chi connectivity index (χ0v) is 69.3. The Morgan fingerprint density at radius 3 is 0.660 bits per heavy atom. The van der Waals surface area contributed by atoms with Crippen molar-refractivity contribution in [1.82, 2.24) is 0 Å². The Bertz CT molecular complexity index is 1960. The molecular formula is C84H164O17P2. The molecule has 0 heterocycles. The molecule has 3 N–H and O–H groups in total. The Morgan fingerprint density at radius 2 is 0.447 bits per heavy atom. The van der Waals surface area contributed by atoms with Crippen LogP contribution in [0, 0.1) is 5.92 Å². The number of carbonyl (C=O) groups excluding carboxylic acids is 4. The molecule has 19 heteroatoms. The van der Waals surface area contributed by atoms with E-state index in [0.29, 0.717) is 25.7 Å². The Kier molecular flexibility index (Phi) is 75.4. The zero-order chi connectivity index (χ0) is 75.5. The number of rotatable bonds is 84. The Labute approximate surface area is 632 Å². The minimum absolute atomic E-state index is 0.109. The van der Waals surface area contributed by atoms with Gasteiger partial charge in [0.15, 0.2) is 12.2 Å². The number of esters is 4. The molecule has 0 rings (SSSR count). The largest absolute Gasteiger partial charge is 0.472 e. The van der Waals surface area contributed by atoms with Crippen LogP contribution in [-0.4, -0.2) is 96.7 Å². The van der Waals surface area contributed by atoms with Gasteiger partial charge in [-0.3, -0.25) is 37.3 Å². The lowest BCUT2D eigenvalue weighted by Gasteiger charge is -2.21. The molecular weight excluding hydrogens is 1340 g/mol. The van der Waals surface area contributed by atoms with E-state index >= 15 is 0 Å². The molecule has 612 valence electrons. The second-order valence-corrected chi connectivity index (χ2v) is 33.6. The number of phosphoric ester groups is 2. The molecule has 0 aliphatic carbocycles. The molecule has 103 heavy (non-hydrogen) atoms.